The number of nitrogens with zero attached hydrogens (tertiary/aromatic N) is 4. The van der Waals surface area contributed by atoms with Gasteiger partial charge in [-0.25, -0.2) is 0 Å². The van der Waals surface area contributed by atoms with Gasteiger partial charge in [0.05, 0.1) is 11.4 Å². The number of carbonyl (C=O) groups excluding carboxylic acids is 1. The average Bonchev–Trinajstić information content (AvgIpc) is 2.69. The second kappa shape index (κ2) is 9.32. The van der Waals surface area contributed by atoms with Crippen LogP contribution in [0.1, 0.15) is 19.3 Å². The van der Waals surface area contributed by atoms with Crippen molar-refractivity contribution in [2.75, 3.05) is 9.35 Å². The first-order valence-electron chi connectivity index (χ1n) is 10.9. The SMILES string of the molecule is C[Si](C)(C)N(/N=C1\CC(=O)C/C(=N/N(c2ccccc2)[Si](C)(C)C)C1)c1ccccc1. The van der Waals surface area contributed by atoms with E-state index in [2.05, 4.69) is 72.9 Å². The van der Waals surface area contributed by atoms with E-state index in [4.69, 9.17) is 10.2 Å². The zero-order valence-electron chi connectivity index (χ0n) is 19.6. The van der Waals surface area contributed by atoms with Crippen molar-refractivity contribution in [2.24, 2.45) is 10.2 Å². The van der Waals surface area contributed by atoms with Crippen LogP contribution in [0.4, 0.5) is 11.4 Å². The van der Waals surface area contributed by atoms with E-state index in [1.165, 1.54) is 0 Å². The number of rotatable bonds is 6. The predicted molar refractivity (Wildman–Crippen MR) is 138 cm³/mol. The van der Waals surface area contributed by atoms with Gasteiger partial charge in [0.1, 0.15) is 5.78 Å². The Hall–Kier alpha value is -2.52. The smallest absolute Gasteiger partial charge is 0.176 e. The van der Waals surface area contributed by atoms with Gasteiger partial charge in [0.25, 0.3) is 0 Å². The molecule has 0 unspecified atom stereocenters. The molecular weight excluding hydrogens is 416 g/mol. The van der Waals surface area contributed by atoms with Crippen LogP contribution < -0.4 is 9.35 Å². The third-order valence-corrected chi connectivity index (χ3v) is 8.22. The van der Waals surface area contributed by atoms with Gasteiger partial charge in [0.2, 0.25) is 0 Å². The molecule has 31 heavy (non-hydrogen) atoms. The van der Waals surface area contributed by atoms with Gasteiger partial charge in [-0.3, -0.25) is 14.1 Å². The van der Waals surface area contributed by atoms with Crippen LogP contribution >= 0.6 is 0 Å². The molecule has 0 heterocycles. The van der Waals surface area contributed by atoms with E-state index in [1.54, 1.807) is 0 Å². The summed E-state index contributed by atoms with van der Waals surface area (Å²) in [4.78, 5) is 12.6. The van der Waals surface area contributed by atoms with Crippen molar-refractivity contribution in [2.45, 2.75) is 58.5 Å². The Labute approximate surface area is 188 Å². The van der Waals surface area contributed by atoms with Gasteiger partial charge in [-0.05, 0) is 63.5 Å². The van der Waals surface area contributed by atoms with Gasteiger partial charge in [-0.2, -0.15) is 10.2 Å². The molecular formula is C24H34N4OSi2. The second-order valence-electron chi connectivity index (χ2n) is 10.0. The summed E-state index contributed by atoms with van der Waals surface area (Å²) < 4.78 is 4.32. The van der Waals surface area contributed by atoms with E-state index < -0.39 is 16.5 Å². The standard InChI is InChI=1S/C24H34N4OSi2/c1-30(2,3)27(22-13-9-7-10-14-22)25-20-17-21(19-24(29)18-20)26-28(31(4,5)6)23-15-11-8-12-16-23/h7-16H,17-19H2,1-6H3/b25-20-,26-21+. The number of hydrogen-bond acceptors (Lipinski definition) is 5. The van der Waals surface area contributed by atoms with Crippen molar-refractivity contribution in [3.05, 3.63) is 60.7 Å². The summed E-state index contributed by atoms with van der Waals surface area (Å²) in [5.74, 6) is 0.191. The summed E-state index contributed by atoms with van der Waals surface area (Å²) in [6.45, 7) is 13.6. The Balaban J connectivity index is 1.95. The molecule has 0 bridgehead atoms. The quantitative estimate of drug-likeness (QED) is 0.392. The maximum absolute atomic E-state index is 12.6. The first-order valence-corrected chi connectivity index (χ1v) is 17.8. The highest BCUT2D eigenvalue weighted by molar-refractivity contribution is 6.80. The first-order chi connectivity index (χ1) is 14.5. The summed E-state index contributed by atoms with van der Waals surface area (Å²) in [5, 5.41) is 10.0. The Morgan fingerprint density at radius 2 is 0.968 bits per heavy atom. The first kappa shape index (κ1) is 23.2. The summed E-state index contributed by atoms with van der Waals surface area (Å²) >= 11 is 0. The van der Waals surface area contributed by atoms with E-state index in [0.717, 1.165) is 22.8 Å². The average molecular weight is 451 g/mol. The molecule has 1 aliphatic carbocycles. The van der Waals surface area contributed by atoms with Crippen molar-refractivity contribution >= 4 is 45.1 Å². The molecule has 0 aromatic heterocycles. The van der Waals surface area contributed by atoms with Crippen molar-refractivity contribution < 1.29 is 4.79 Å². The molecule has 164 valence electrons. The molecule has 1 aliphatic rings. The predicted octanol–water partition coefficient (Wildman–Crippen LogP) is 6.13. The summed E-state index contributed by atoms with van der Waals surface area (Å²) in [6.07, 6.45) is 1.46. The number of Topliss-reactive ketones (excluding diaryl/α,β-unsaturated/α-hetero) is 1. The molecule has 0 aliphatic heterocycles. The molecule has 2 aromatic rings. The van der Waals surface area contributed by atoms with Crippen LogP contribution in [0.3, 0.4) is 0 Å². The van der Waals surface area contributed by atoms with Crippen LogP contribution in [0.25, 0.3) is 0 Å². The Bertz CT molecular complexity index is 883. The molecule has 0 saturated heterocycles. The highest BCUT2D eigenvalue weighted by Gasteiger charge is 2.30. The summed E-state index contributed by atoms with van der Waals surface area (Å²) in [6, 6.07) is 20.5. The molecule has 1 fully saturated rings. The Morgan fingerprint density at radius 3 is 1.29 bits per heavy atom. The van der Waals surface area contributed by atoms with Gasteiger partial charge < -0.3 is 0 Å². The highest BCUT2D eigenvalue weighted by atomic mass is 28.3. The lowest BCUT2D eigenvalue weighted by atomic mass is 9.95. The third-order valence-electron chi connectivity index (χ3n) is 4.97. The van der Waals surface area contributed by atoms with Crippen LogP contribution in [0.2, 0.25) is 39.3 Å². The number of ketones is 1. The molecule has 0 N–H and O–H groups in total. The minimum atomic E-state index is -1.78. The molecule has 0 radical (unpaired) electrons. The number of carbonyl (C=O) groups is 1. The molecule has 5 nitrogen and oxygen atoms in total. The van der Waals surface area contributed by atoms with E-state index in [-0.39, 0.29) is 5.78 Å². The monoisotopic (exact) mass is 450 g/mol. The summed E-state index contributed by atoms with van der Waals surface area (Å²) in [7, 11) is -3.56. The molecule has 1 saturated carbocycles. The normalized spacial score (nSPS) is 17.8. The zero-order valence-corrected chi connectivity index (χ0v) is 21.6. The van der Waals surface area contributed by atoms with Crippen LogP contribution in [-0.4, -0.2) is 33.7 Å². The number of anilines is 2. The van der Waals surface area contributed by atoms with E-state index in [0.29, 0.717) is 19.3 Å². The molecule has 7 heteroatoms. The van der Waals surface area contributed by atoms with Gasteiger partial charge in [0.15, 0.2) is 16.5 Å². The topological polar surface area (TPSA) is 48.3 Å². The zero-order chi connectivity index (χ0) is 22.6. The fourth-order valence-electron chi connectivity index (χ4n) is 3.63. The molecule has 3 rings (SSSR count). The summed E-state index contributed by atoms with van der Waals surface area (Å²) in [5.41, 5.74) is 3.98. The van der Waals surface area contributed by atoms with Crippen LogP contribution in [-0.2, 0) is 4.79 Å². The van der Waals surface area contributed by atoms with Crippen molar-refractivity contribution in [3.8, 4) is 0 Å². The molecule has 0 atom stereocenters. The number of para-hydroxylation sites is 2. The molecule has 0 amide bonds. The van der Waals surface area contributed by atoms with E-state index in [9.17, 15) is 4.79 Å². The number of benzene rings is 2. The highest BCUT2D eigenvalue weighted by Crippen LogP contribution is 2.26. The van der Waals surface area contributed by atoms with Crippen molar-refractivity contribution in [1.29, 1.82) is 0 Å². The minimum absolute atomic E-state index is 0.191. The Morgan fingerprint density at radius 1 is 0.613 bits per heavy atom. The van der Waals surface area contributed by atoms with Crippen LogP contribution in [0, 0.1) is 0 Å². The second-order valence-corrected chi connectivity index (χ2v) is 19.6. The Kier molecular flexibility index (Phi) is 6.96. The fourth-order valence-corrected chi connectivity index (χ4v) is 6.36. The number of hydrazone groups is 2. The maximum Gasteiger partial charge on any atom is 0.176 e. The van der Waals surface area contributed by atoms with Crippen LogP contribution in [0.15, 0.2) is 70.9 Å². The molecule has 0 spiro atoms. The van der Waals surface area contributed by atoms with Gasteiger partial charge >= 0.3 is 0 Å². The minimum Gasteiger partial charge on any atom is -0.299 e. The van der Waals surface area contributed by atoms with E-state index >= 15 is 0 Å². The van der Waals surface area contributed by atoms with Gasteiger partial charge in [0, 0.05) is 30.6 Å². The van der Waals surface area contributed by atoms with Gasteiger partial charge in [-0.15, -0.1) is 0 Å². The maximum atomic E-state index is 12.6. The molecule has 2 aromatic carbocycles. The lowest BCUT2D eigenvalue weighted by molar-refractivity contribution is -0.117. The van der Waals surface area contributed by atoms with E-state index in [1.807, 2.05) is 36.4 Å². The van der Waals surface area contributed by atoms with Crippen LogP contribution in [0.5, 0.6) is 0 Å². The largest absolute Gasteiger partial charge is 0.299 e. The lowest BCUT2D eigenvalue weighted by Gasteiger charge is -2.34. The van der Waals surface area contributed by atoms with Gasteiger partial charge in [-0.1, -0.05) is 36.4 Å². The van der Waals surface area contributed by atoms with Crippen molar-refractivity contribution in [3.63, 3.8) is 0 Å². The third kappa shape index (κ3) is 6.24. The van der Waals surface area contributed by atoms with Crippen molar-refractivity contribution in [1.82, 2.24) is 0 Å². The number of hydrogen-bond donors (Lipinski definition) is 0. The lowest BCUT2D eigenvalue weighted by Crippen LogP contribution is -2.45. The fraction of sp³-hybridized carbons (Fsp3) is 0.375.